The second-order valence-corrected chi connectivity index (χ2v) is 8.36. The van der Waals surface area contributed by atoms with Crippen molar-refractivity contribution in [3.63, 3.8) is 0 Å². The third-order valence-corrected chi connectivity index (χ3v) is 6.36. The molecule has 0 aliphatic carbocycles. The fraction of sp³-hybridized carbons (Fsp3) is 0.286. The van der Waals surface area contributed by atoms with Crippen LogP contribution in [0.4, 0.5) is 5.69 Å². The Bertz CT molecular complexity index is 1080. The van der Waals surface area contributed by atoms with Crippen molar-refractivity contribution in [3.05, 3.63) is 96.1 Å². The summed E-state index contributed by atoms with van der Waals surface area (Å²) in [6.45, 7) is 3.91. The minimum absolute atomic E-state index is 0.0300. The number of hydrogen-bond acceptors (Lipinski definition) is 4. The van der Waals surface area contributed by atoms with Crippen LogP contribution < -0.4 is 10.1 Å². The van der Waals surface area contributed by atoms with Gasteiger partial charge in [-0.05, 0) is 61.1 Å². The molecule has 4 rings (SSSR count). The molecule has 0 aromatic heterocycles. The van der Waals surface area contributed by atoms with Gasteiger partial charge in [0.15, 0.2) is 6.19 Å². The van der Waals surface area contributed by atoms with E-state index in [9.17, 15) is 10.4 Å². The van der Waals surface area contributed by atoms with E-state index in [-0.39, 0.29) is 5.92 Å². The van der Waals surface area contributed by atoms with Crippen LogP contribution in [0.25, 0.3) is 0 Å². The van der Waals surface area contributed by atoms with E-state index < -0.39 is 5.60 Å². The van der Waals surface area contributed by atoms with Crippen molar-refractivity contribution in [2.75, 3.05) is 19.7 Å². The predicted molar refractivity (Wildman–Crippen MR) is 134 cm³/mol. The Kier molecular flexibility index (Phi) is 7.46. The van der Waals surface area contributed by atoms with Crippen molar-refractivity contribution in [1.29, 1.82) is 5.26 Å². The number of nitriles is 1. The summed E-state index contributed by atoms with van der Waals surface area (Å²) in [7, 11) is 0. The molecular formula is C28H30N4O2. The summed E-state index contributed by atoms with van der Waals surface area (Å²) in [4.78, 5) is 6.74. The van der Waals surface area contributed by atoms with E-state index in [1.165, 1.54) is 0 Å². The van der Waals surface area contributed by atoms with Crippen LogP contribution in [0.1, 0.15) is 30.9 Å². The molecule has 174 valence electrons. The summed E-state index contributed by atoms with van der Waals surface area (Å²) in [5.41, 5.74) is 1.47. The summed E-state index contributed by atoms with van der Waals surface area (Å²) in [6.07, 6.45) is 3.53. The SMILES string of the molecule is CCOc1ccc(N=C(NC#N)N2CCC(C(O)(c3ccccc3)c3ccccc3)CC2)cc1. The molecule has 6 nitrogen and oxygen atoms in total. The summed E-state index contributed by atoms with van der Waals surface area (Å²) < 4.78 is 5.50. The van der Waals surface area contributed by atoms with Crippen LogP contribution in [-0.2, 0) is 5.60 Å². The van der Waals surface area contributed by atoms with Crippen molar-refractivity contribution in [2.45, 2.75) is 25.4 Å². The Morgan fingerprint density at radius 2 is 1.56 bits per heavy atom. The molecule has 1 saturated heterocycles. The zero-order valence-corrected chi connectivity index (χ0v) is 19.4. The summed E-state index contributed by atoms with van der Waals surface area (Å²) >= 11 is 0. The first-order valence-corrected chi connectivity index (χ1v) is 11.7. The van der Waals surface area contributed by atoms with Crippen molar-refractivity contribution >= 4 is 11.6 Å². The lowest BCUT2D eigenvalue weighted by molar-refractivity contribution is -0.00676. The van der Waals surface area contributed by atoms with Crippen molar-refractivity contribution in [3.8, 4) is 11.9 Å². The number of nitrogens with one attached hydrogen (secondary N) is 1. The lowest BCUT2D eigenvalue weighted by Gasteiger charge is -2.42. The van der Waals surface area contributed by atoms with E-state index in [2.05, 4.69) is 15.2 Å². The first-order valence-electron chi connectivity index (χ1n) is 11.7. The predicted octanol–water partition coefficient (Wildman–Crippen LogP) is 4.79. The van der Waals surface area contributed by atoms with Crippen molar-refractivity contribution in [1.82, 2.24) is 10.2 Å². The number of nitrogens with zero attached hydrogens (tertiary/aromatic N) is 3. The molecule has 3 aromatic rings. The van der Waals surface area contributed by atoms with Gasteiger partial charge in [0.05, 0.1) is 12.3 Å². The molecule has 2 N–H and O–H groups in total. The molecule has 6 heteroatoms. The van der Waals surface area contributed by atoms with Gasteiger partial charge in [0.25, 0.3) is 0 Å². The highest BCUT2D eigenvalue weighted by molar-refractivity contribution is 5.84. The van der Waals surface area contributed by atoms with Gasteiger partial charge < -0.3 is 14.7 Å². The smallest absolute Gasteiger partial charge is 0.212 e. The van der Waals surface area contributed by atoms with Gasteiger partial charge in [0.2, 0.25) is 5.96 Å². The molecule has 1 aliphatic rings. The lowest BCUT2D eigenvalue weighted by Crippen LogP contribution is -2.48. The Hall–Kier alpha value is -3.82. The van der Waals surface area contributed by atoms with Gasteiger partial charge >= 0.3 is 0 Å². The highest BCUT2D eigenvalue weighted by Crippen LogP contribution is 2.42. The maximum atomic E-state index is 12.1. The van der Waals surface area contributed by atoms with Crippen LogP contribution in [-0.4, -0.2) is 35.7 Å². The van der Waals surface area contributed by atoms with Gasteiger partial charge in [-0.3, -0.25) is 5.32 Å². The van der Waals surface area contributed by atoms with Crippen LogP contribution in [0.2, 0.25) is 0 Å². The molecule has 0 bridgehead atoms. The van der Waals surface area contributed by atoms with Gasteiger partial charge in [0.1, 0.15) is 11.4 Å². The van der Waals surface area contributed by atoms with Gasteiger partial charge in [-0.15, -0.1) is 0 Å². The molecule has 1 heterocycles. The fourth-order valence-electron chi connectivity index (χ4n) is 4.67. The Morgan fingerprint density at radius 1 is 1.00 bits per heavy atom. The average molecular weight is 455 g/mol. The number of likely N-dealkylation sites (tertiary alicyclic amines) is 1. The van der Waals surface area contributed by atoms with Crippen LogP contribution in [0.5, 0.6) is 5.75 Å². The van der Waals surface area contributed by atoms with Crippen LogP contribution in [0.3, 0.4) is 0 Å². The van der Waals surface area contributed by atoms with Crippen molar-refractivity contribution in [2.24, 2.45) is 10.9 Å². The molecule has 0 amide bonds. The Balaban J connectivity index is 1.54. The average Bonchev–Trinajstić information content (AvgIpc) is 2.90. The maximum absolute atomic E-state index is 12.1. The largest absolute Gasteiger partial charge is 0.494 e. The minimum atomic E-state index is -1.08. The second-order valence-electron chi connectivity index (χ2n) is 8.36. The van der Waals surface area contributed by atoms with E-state index in [0.29, 0.717) is 25.7 Å². The minimum Gasteiger partial charge on any atom is -0.494 e. The summed E-state index contributed by atoms with van der Waals surface area (Å²) in [5, 5.41) is 24.1. The molecular weight excluding hydrogens is 424 g/mol. The molecule has 0 saturated carbocycles. The molecule has 0 unspecified atom stereocenters. The molecule has 0 radical (unpaired) electrons. The van der Waals surface area contributed by atoms with Crippen LogP contribution in [0, 0.1) is 17.4 Å². The highest BCUT2D eigenvalue weighted by Gasteiger charge is 2.41. The van der Waals surface area contributed by atoms with Gasteiger partial charge in [0, 0.05) is 13.1 Å². The summed E-state index contributed by atoms with van der Waals surface area (Å²) in [6, 6.07) is 27.3. The maximum Gasteiger partial charge on any atom is 0.212 e. The number of aliphatic hydroxyl groups is 1. The fourth-order valence-corrected chi connectivity index (χ4v) is 4.67. The van der Waals surface area contributed by atoms with E-state index in [1.54, 1.807) is 0 Å². The Morgan fingerprint density at radius 3 is 2.06 bits per heavy atom. The zero-order chi connectivity index (χ0) is 23.8. The molecule has 34 heavy (non-hydrogen) atoms. The molecule has 1 fully saturated rings. The van der Waals surface area contributed by atoms with Gasteiger partial charge in [-0.25, -0.2) is 4.99 Å². The van der Waals surface area contributed by atoms with E-state index in [0.717, 1.165) is 35.4 Å². The third kappa shape index (κ3) is 5.05. The van der Waals surface area contributed by atoms with E-state index in [4.69, 9.17) is 4.74 Å². The van der Waals surface area contributed by atoms with E-state index in [1.807, 2.05) is 98.0 Å². The molecule has 1 aliphatic heterocycles. The number of guanidine groups is 1. The van der Waals surface area contributed by atoms with Crippen LogP contribution >= 0.6 is 0 Å². The number of benzene rings is 3. The number of rotatable bonds is 6. The molecule has 3 aromatic carbocycles. The highest BCUT2D eigenvalue weighted by atomic mass is 16.5. The van der Waals surface area contributed by atoms with Gasteiger partial charge in [-0.1, -0.05) is 60.7 Å². The van der Waals surface area contributed by atoms with Gasteiger partial charge in [-0.2, -0.15) is 5.26 Å². The second kappa shape index (κ2) is 10.9. The third-order valence-electron chi connectivity index (χ3n) is 6.36. The Labute approximate surface area is 201 Å². The summed E-state index contributed by atoms with van der Waals surface area (Å²) in [5.74, 6) is 1.34. The standard InChI is InChI=1S/C28H30N4O2/c1-2-34-26-15-13-25(14-16-26)31-27(30-21-29)32-19-17-24(18-20-32)28(33,22-9-5-3-6-10-22)23-11-7-4-8-12-23/h3-16,24,33H,2,17-20H2,1H3,(H,30,31). The van der Waals surface area contributed by atoms with E-state index >= 15 is 0 Å². The lowest BCUT2D eigenvalue weighted by atomic mass is 9.72. The normalized spacial score (nSPS) is 15.0. The topological polar surface area (TPSA) is 80.9 Å². The number of piperidine rings is 1. The first kappa shape index (κ1) is 23.3. The number of hydrogen-bond donors (Lipinski definition) is 2. The van der Waals surface area contributed by atoms with Crippen molar-refractivity contribution < 1.29 is 9.84 Å². The molecule has 0 atom stereocenters. The number of aliphatic imine (C=N–C) groups is 1. The molecule has 0 spiro atoms. The quantitative estimate of drug-likeness (QED) is 0.242. The van der Waals surface area contributed by atoms with Crippen LogP contribution in [0.15, 0.2) is 89.9 Å². The number of ether oxygens (including phenoxy) is 1. The first-order chi connectivity index (χ1) is 16.6. The zero-order valence-electron chi connectivity index (χ0n) is 19.4. The monoisotopic (exact) mass is 454 g/mol.